The van der Waals surface area contributed by atoms with E-state index in [1.165, 1.54) is 0 Å². The molecule has 1 aromatic heterocycles. The lowest BCUT2D eigenvalue weighted by Crippen LogP contribution is -2.19. The van der Waals surface area contributed by atoms with Crippen LogP contribution in [0, 0.1) is 6.92 Å². The van der Waals surface area contributed by atoms with Crippen molar-refractivity contribution in [3.05, 3.63) is 41.2 Å². The molecule has 0 radical (unpaired) electrons. The predicted octanol–water partition coefficient (Wildman–Crippen LogP) is 2.18. The Morgan fingerprint density at radius 3 is 2.48 bits per heavy atom. The normalized spacial score (nSPS) is 11.7. The van der Waals surface area contributed by atoms with Gasteiger partial charge in [0.2, 0.25) is 0 Å². The van der Waals surface area contributed by atoms with Gasteiger partial charge in [0.15, 0.2) is 5.69 Å². The van der Waals surface area contributed by atoms with Gasteiger partial charge in [0, 0.05) is 0 Å². The molecule has 2 aromatic rings. The second-order valence-corrected chi connectivity index (χ2v) is 4.43. The van der Waals surface area contributed by atoms with Gasteiger partial charge in [0.25, 0.3) is 0 Å². The van der Waals surface area contributed by atoms with Crippen LogP contribution >= 0.6 is 0 Å². The largest absolute Gasteiger partial charge is 0.492 e. The van der Waals surface area contributed by atoms with Gasteiger partial charge in [-0.25, -0.2) is 4.68 Å². The molecule has 21 heavy (non-hydrogen) atoms. The van der Waals surface area contributed by atoms with Crippen LogP contribution in [0.3, 0.4) is 0 Å². The van der Waals surface area contributed by atoms with Crippen LogP contribution in [0.25, 0.3) is 0 Å². The average molecular weight is 301 g/mol. The van der Waals surface area contributed by atoms with Gasteiger partial charge >= 0.3 is 6.18 Å². The fourth-order valence-electron chi connectivity index (χ4n) is 1.81. The summed E-state index contributed by atoms with van der Waals surface area (Å²) < 4.78 is 44.7. The molecule has 2 rings (SSSR count). The van der Waals surface area contributed by atoms with Crippen molar-refractivity contribution >= 4 is 0 Å². The van der Waals surface area contributed by atoms with Gasteiger partial charge in [-0.05, 0) is 19.1 Å². The van der Waals surface area contributed by atoms with Crippen LogP contribution in [0.4, 0.5) is 13.2 Å². The first-order chi connectivity index (χ1) is 9.91. The number of aromatic nitrogens is 3. The number of ether oxygens (including phenoxy) is 1. The number of alkyl halides is 3. The van der Waals surface area contributed by atoms with Crippen molar-refractivity contribution in [1.82, 2.24) is 15.0 Å². The molecule has 0 fully saturated rings. The van der Waals surface area contributed by atoms with Crippen molar-refractivity contribution in [2.75, 3.05) is 6.61 Å². The summed E-state index contributed by atoms with van der Waals surface area (Å²) in [6.07, 6.45) is -4.62. The average Bonchev–Trinajstić information content (AvgIpc) is 2.84. The number of halogens is 3. The summed E-state index contributed by atoms with van der Waals surface area (Å²) in [5, 5.41) is 15.6. The summed E-state index contributed by atoms with van der Waals surface area (Å²) in [7, 11) is 0. The highest BCUT2D eigenvalue weighted by Crippen LogP contribution is 2.31. The van der Waals surface area contributed by atoms with Gasteiger partial charge in [0.1, 0.15) is 18.1 Å². The molecule has 5 nitrogen and oxygen atoms in total. The number of benzene rings is 1. The van der Waals surface area contributed by atoms with Crippen LogP contribution in [-0.4, -0.2) is 26.7 Å². The highest BCUT2D eigenvalue weighted by molar-refractivity contribution is 5.26. The number of aryl methyl sites for hydroxylation is 1. The topological polar surface area (TPSA) is 60.2 Å². The third kappa shape index (κ3) is 3.72. The van der Waals surface area contributed by atoms with Crippen LogP contribution < -0.4 is 4.74 Å². The molecule has 0 aliphatic carbocycles. The molecule has 8 heteroatoms. The SMILES string of the molecule is Cc1ccc(OCCn2nnc(CO)c2C(F)(F)F)cc1. The lowest BCUT2D eigenvalue weighted by Gasteiger charge is -2.11. The van der Waals surface area contributed by atoms with E-state index in [0.717, 1.165) is 5.56 Å². The smallest absolute Gasteiger partial charge is 0.435 e. The molecule has 0 saturated heterocycles. The molecule has 0 saturated carbocycles. The van der Waals surface area contributed by atoms with Crippen molar-refractivity contribution in [1.29, 1.82) is 0 Å². The Kier molecular flexibility index (Phi) is 4.46. The van der Waals surface area contributed by atoms with Gasteiger partial charge in [-0.15, -0.1) is 5.10 Å². The van der Waals surface area contributed by atoms with E-state index in [1.54, 1.807) is 12.1 Å². The van der Waals surface area contributed by atoms with Gasteiger partial charge in [-0.2, -0.15) is 13.2 Å². The molecule has 0 spiro atoms. The maximum atomic E-state index is 12.9. The van der Waals surface area contributed by atoms with E-state index in [4.69, 9.17) is 9.84 Å². The van der Waals surface area contributed by atoms with Gasteiger partial charge in [0.05, 0.1) is 13.2 Å². The summed E-state index contributed by atoms with van der Waals surface area (Å²) >= 11 is 0. The first kappa shape index (κ1) is 15.3. The number of rotatable bonds is 5. The van der Waals surface area contributed by atoms with Crippen molar-refractivity contribution in [2.24, 2.45) is 0 Å². The van der Waals surface area contributed by atoms with E-state index < -0.39 is 24.2 Å². The third-order valence-electron chi connectivity index (χ3n) is 2.82. The summed E-state index contributed by atoms with van der Waals surface area (Å²) in [5.74, 6) is 0.566. The molecule has 0 unspecified atom stereocenters. The van der Waals surface area contributed by atoms with Crippen LogP contribution in [-0.2, 0) is 19.3 Å². The molecule has 1 N–H and O–H groups in total. The van der Waals surface area contributed by atoms with E-state index in [0.29, 0.717) is 10.4 Å². The lowest BCUT2D eigenvalue weighted by molar-refractivity contribution is -0.145. The molecule has 114 valence electrons. The third-order valence-corrected chi connectivity index (χ3v) is 2.82. The van der Waals surface area contributed by atoms with Crippen molar-refractivity contribution in [3.63, 3.8) is 0 Å². The summed E-state index contributed by atoms with van der Waals surface area (Å²) in [6, 6.07) is 7.16. The fraction of sp³-hybridized carbons (Fsp3) is 0.385. The van der Waals surface area contributed by atoms with Crippen LogP contribution in [0.5, 0.6) is 5.75 Å². The molecule has 1 aromatic carbocycles. The summed E-state index contributed by atoms with van der Waals surface area (Å²) in [5.41, 5.74) is -0.471. The Labute approximate surface area is 119 Å². The van der Waals surface area contributed by atoms with Crippen molar-refractivity contribution < 1.29 is 23.0 Å². The van der Waals surface area contributed by atoms with E-state index in [1.807, 2.05) is 19.1 Å². The highest BCUT2D eigenvalue weighted by atomic mass is 19.4. The van der Waals surface area contributed by atoms with Gasteiger partial charge in [-0.1, -0.05) is 22.9 Å². The number of nitrogens with zero attached hydrogens (tertiary/aromatic N) is 3. The Hall–Kier alpha value is -2.09. The van der Waals surface area contributed by atoms with Crippen molar-refractivity contribution in [3.8, 4) is 5.75 Å². The predicted molar refractivity (Wildman–Crippen MR) is 67.6 cm³/mol. The zero-order valence-electron chi connectivity index (χ0n) is 11.3. The minimum atomic E-state index is -4.62. The van der Waals surface area contributed by atoms with Crippen molar-refractivity contribution in [2.45, 2.75) is 26.3 Å². The van der Waals surface area contributed by atoms with E-state index in [9.17, 15) is 13.2 Å². The molecule has 1 heterocycles. The Morgan fingerprint density at radius 2 is 1.90 bits per heavy atom. The first-order valence-corrected chi connectivity index (χ1v) is 6.21. The molecular weight excluding hydrogens is 287 g/mol. The molecular formula is C13H14F3N3O2. The first-order valence-electron chi connectivity index (χ1n) is 6.21. The summed E-state index contributed by atoms with van der Waals surface area (Å²) in [4.78, 5) is 0. The number of aliphatic hydroxyl groups excluding tert-OH is 1. The Bertz CT molecular complexity index is 594. The standard InChI is InChI=1S/C13H14F3N3O2/c1-9-2-4-10(5-3-9)21-7-6-19-12(13(14,15)16)11(8-20)17-18-19/h2-5,20H,6-8H2,1H3. The minimum absolute atomic E-state index is 0.0143. The Balaban J connectivity index is 2.03. The fourth-order valence-corrected chi connectivity index (χ4v) is 1.81. The monoisotopic (exact) mass is 301 g/mol. The second-order valence-electron chi connectivity index (χ2n) is 4.43. The zero-order chi connectivity index (χ0) is 15.5. The van der Waals surface area contributed by atoms with Crippen LogP contribution in [0.1, 0.15) is 17.0 Å². The Morgan fingerprint density at radius 1 is 1.24 bits per heavy atom. The molecule has 0 amide bonds. The minimum Gasteiger partial charge on any atom is -0.492 e. The molecule has 0 aliphatic rings. The molecule has 0 atom stereocenters. The maximum Gasteiger partial charge on any atom is 0.435 e. The number of hydrogen-bond acceptors (Lipinski definition) is 4. The second kappa shape index (κ2) is 6.13. The lowest BCUT2D eigenvalue weighted by atomic mass is 10.2. The molecule has 0 aliphatic heterocycles. The van der Waals surface area contributed by atoms with Crippen LogP contribution in [0.15, 0.2) is 24.3 Å². The van der Waals surface area contributed by atoms with Crippen LogP contribution in [0.2, 0.25) is 0 Å². The summed E-state index contributed by atoms with van der Waals surface area (Å²) in [6.45, 7) is 1.01. The zero-order valence-corrected chi connectivity index (χ0v) is 11.3. The quantitative estimate of drug-likeness (QED) is 0.919. The highest BCUT2D eigenvalue weighted by Gasteiger charge is 2.38. The number of hydrogen-bond donors (Lipinski definition) is 1. The van der Waals surface area contributed by atoms with E-state index in [2.05, 4.69) is 10.3 Å². The number of aliphatic hydroxyl groups is 1. The van der Waals surface area contributed by atoms with E-state index in [-0.39, 0.29) is 13.2 Å². The molecule has 0 bridgehead atoms. The van der Waals surface area contributed by atoms with Gasteiger partial charge < -0.3 is 9.84 Å². The van der Waals surface area contributed by atoms with Gasteiger partial charge in [-0.3, -0.25) is 0 Å². The maximum absolute atomic E-state index is 12.9. The van der Waals surface area contributed by atoms with E-state index >= 15 is 0 Å².